The van der Waals surface area contributed by atoms with Crippen molar-refractivity contribution in [1.82, 2.24) is 0 Å². The fraction of sp³-hybridized carbons (Fsp3) is 0.250. The molecule has 0 amide bonds. The highest BCUT2D eigenvalue weighted by Crippen LogP contribution is 2.20. The molecule has 2 rings (SSSR count). The van der Waals surface area contributed by atoms with Gasteiger partial charge in [0.05, 0.1) is 0 Å². The second-order valence-electron chi connectivity index (χ2n) is 4.68. The maximum Gasteiger partial charge on any atom is 0.126 e. The number of aryl methyl sites for hydroxylation is 1. The fourth-order valence-electron chi connectivity index (χ4n) is 1.84. The second-order valence-corrected chi connectivity index (χ2v) is 5.77. The van der Waals surface area contributed by atoms with E-state index in [2.05, 4.69) is 31.2 Å². The molecule has 19 heavy (non-hydrogen) atoms. The maximum atomic E-state index is 13.5. The van der Waals surface area contributed by atoms with Crippen LogP contribution in [0, 0.1) is 12.7 Å². The van der Waals surface area contributed by atoms with Crippen LogP contribution in [0.1, 0.15) is 11.1 Å². The van der Waals surface area contributed by atoms with Gasteiger partial charge in [0.15, 0.2) is 0 Å². The molecule has 0 aliphatic heterocycles. The Morgan fingerprint density at radius 1 is 1.11 bits per heavy atom. The minimum atomic E-state index is -0.168. The molecule has 100 valence electrons. The van der Waals surface area contributed by atoms with Crippen molar-refractivity contribution in [3.8, 4) is 0 Å². The Labute approximate surface area is 118 Å². The van der Waals surface area contributed by atoms with Gasteiger partial charge in [-0.3, -0.25) is 0 Å². The van der Waals surface area contributed by atoms with E-state index in [0.717, 1.165) is 5.75 Å². The van der Waals surface area contributed by atoms with E-state index in [0.29, 0.717) is 12.0 Å². The monoisotopic (exact) mass is 275 g/mol. The molecule has 2 aromatic carbocycles. The molecule has 1 nitrogen and oxygen atoms in total. The highest BCUT2D eigenvalue weighted by molar-refractivity contribution is 7.99. The Balaban J connectivity index is 1.86. The van der Waals surface area contributed by atoms with Crippen molar-refractivity contribution < 1.29 is 4.39 Å². The topological polar surface area (TPSA) is 26.0 Å². The lowest BCUT2D eigenvalue weighted by Gasteiger charge is -2.12. The summed E-state index contributed by atoms with van der Waals surface area (Å²) in [6, 6.07) is 15.1. The van der Waals surface area contributed by atoms with E-state index >= 15 is 0 Å². The zero-order valence-corrected chi connectivity index (χ0v) is 11.8. The summed E-state index contributed by atoms with van der Waals surface area (Å²) >= 11 is 1.71. The molecular weight excluding hydrogens is 257 g/mol. The van der Waals surface area contributed by atoms with Gasteiger partial charge in [0.2, 0.25) is 0 Å². The average molecular weight is 275 g/mol. The van der Waals surface area contributed by atoms with E-state index in [-0.39, 0.29) is 11.9 Å². The summed E-state index contributed by atoms with van der Waals surface area (Å²) in [6.07, 6.45) is 0.575. The number of hydrogen-bond acceptors (Lipinski definition) is 2. The lowest BCUT2D eigenvalue weighted by atomic mass is 10.1. The first-order valence-corrected chi connectivity index (χ1v) is 7.32. The van der Waals surface area contributed by atoms with E-state index in [9.17, 15) is 4.39 Å². The van der Waals surface area contributed by atoms with Crippen LogP contribution in [0.25, 0.3) is 0 Å². The van der Waals surface area contributed by atoms with E-state index in [1.54, 1.807) is 23.9 Å². The molecule has 2 aromatic rings. The Morgan fingerprint density at radius 3 is 2.47 bits per heavy atom. The summed E-state index contributed by atoms with van der Waals surface area (Å²) in [5.41, 5.74) is 8.01. The molecule has 1 unspecified atom stereocenters. The van der Waals surface area contributed by atoms with Gasteiger partial charge in [0.25, 0.3) is 0 Å². The van der Waals surface area contributed by atoms with Crippen molar-refractivity contribution in [2.24, 2.45) is 5.73 Å². The molecule has 0 heterocycles. The van der Waals surface area contributed by atoms with Crippen LogP contribution in [-0.4, -0.2) is 11.8 Å². The summed E-state index contributed by atoms with van der Waals surface area (Å²) in [5, 5.41) is 0. The lowest BCUT2D eigenvalue weighted by molar-refractivity contribution is 0.597. The predicted octanol–water partition coefficient (Wildman–Crippen LogP) is 3.80. The number of nitrogens with two attached hydrogens (primary N) is 1. The van der Waals surface area contributed by atoms with Gasteiger partial charge < -0.3 is 5.73 Å². The predicted molar refractivity (Wildman–Crippen MR) is 80.0 cm³/mol. The van der Waals surface area contributed by atoms with Crippen molar-refractivity contribution >= 4 is 11.8 Å². The number of hydrogen-bond donors (Lipinski definition) is 1. The third-order valence-corrected chi connectivity index (χ3v) is 4.13. The molecule has 1 atom stereocenters. The third kappa shape index (κ3) is 4.37. The number of halogens is 1. The lowest BCUT2D eigenvalue weighted by Crippen LogP contribution is -2.26. The molecular formula is C16H18FNS. The molecule has 0 aromatic heterocycles. The minimum absolute atomic E-state index is 0.0387. The van der Waals surface area contributed by atoms with Crippen LogP contribution in [-0.2, 0) is 6.42 Å². The van der Waals surface area contributed by atoms with Crippen LogP contribution in [0.3, 0.4) is 0 Å². The van der Waals surface area contributed by atoms with Crippen molar-refractivity contribution in [3.05, 3.63) is 65.5 Å². The van der Waals surface area contributed by atoms with Crippen LogP contribution in [0.5, 0.6) is 0 Å². The zero-order valence-electron chi connectivity index (χ0n) is 11.0. The van der Waals surface area contributed by atoms with Gasteiger partial charge in [-0.25, -0.2) is 4.39 Å². The first kappa shape index (κ1) is 14.1. The van der Waals surface area contributed by atoms with E-state index in [4.69, 9.17) is 5.73 Å². The van der Waals surface area contributed by atoms with Crippen LogP contribution in [0.4, 0.5) is 4.39 Å². The second kappa shape index (κ2) is 6.73. The first-order valence-electron chi connectivity index (χ1n) is 6.33. The summed E-state index contributed by atoms with van der Waals surface area (Å²) in [7, 11) is 0. The zero-order chi connectivity index (χ0) is 13.7. The Morgan fingerprint density at radius 2 is 1.79 bits per heavy atom. The number of benzene rings is 2. The van der Waals surface area contributed by atoms with Gasteiger partial charge in [0, 0.05) is 16.7 Å². The Hall–Kier alpha value is -1.32. The molecule has 2 N–H and O–H groups in total. The molecule has 0 bridgehead atoms. The summed E-state index contributed by atoms with van der Waals surface area (Å²) in [4.78, 5) is 1.20. The molecule has 0 saturated heterocycles. The Kier molecular flexibility index (Phi) is 5.00. The summed E-state index contributed by atoms with van der Waals surface area (Å²) < 4.78 is 13.5. The highest BCUT2D eigenvalue weighted by atomic mass is 32.2. The van der Waals surface area contributed by atoms with Gasteiger partial charge in [-0.1, -0.05) is 35.9 Å². The van der Waals surface area contributed by atoms with Gasteiger partial charge in [-0.2, -0.15) is 0 Å². The van der Waals surface area contributed by atoms with Gasteiger partial charge in [0.1, 0.15) is 5.82 Å². The normalized spacial score (nSPS) is 12.4. The number of rotatable bonds is 5. The molecule has 3 heteroatoms. The Bertz CT molecular complexity index is 525. The van der Waals surface area contributed by atoms with Crippen molar-refractivity contribution in [3.63, 3.8) is 0 Å². The standard InChI is InChI=1S/C16H18FNS/c1-12-6-8-15(9-7-12)19-11-14(18)10-13-4-2-3-5-16(13)17/h2-9,14H,10-11,18H2,1H3. The summed E-state index contributed by atoms with van der Waals surface area (Å²) in [5.74, 6) is 0.621. The molecule has 0 fully saturated rings. The van der Waals surface area contributed by atoms with Crippen LogP contribution in [0.2, 0.25) is 0 Å². The van der Waals surface area contributed by atoms with E-state index in [1.807, 2.05) is 6.07 Å². The largest absolute Gasteiger partial charge is 0.327 e. The molecule has 0 aliphatic carbocycles. The fourth-order valence-corrected chi connectivity index (χ4v) is 2.70. The van der Waals surface area contributed by atoms with Crippen LogP contribution in [0.15, 0.2) is 53.4 Å². The van der Waals surface area contributed by atoms with Crippen LogP contribution < -0.4 is 5.73 Å². The van der Waals surface area contributed by atoms with Gasteiger partial charge in [-0.05, 0) is 37.1 Å². The first-order chi connectivity index (χ1) is 9.15. The smallest absolute Gasteiger partial charge is 0.126 e. The molecule has 0 saturated carbocycles. The SMILES string of the molecule is Cc1ccc(SCC(N)Cc2ccccc2F)cc1. The van der Waals surface area contributed by atoms with Crippen molar-refractivity contribution in [2.45, 2.75) is 24.3 Å². The van der Waals surface area contributed by atoms with Gasteiger partial charge >= 0.3 is 0 Å². The van der Waals surface area contributed by atoms with Crippen molar-refractivity contribution in [2.75, 3.05) is 5.75 Å². The molecule has 0 radical (unpaired) electrons. The highest BCUT2D eigenvalue weighted by Gasteiger charge is 2.08. The summed E-state index contributed by atoms with van der Waals surface area (Å²) in [6.45, 7) is 2.07. The van der Waals surface area contributed by atoms with E-state index < -0.39 is 0 Å². The molecule has 0 aliphatic rings. The van der Waals surface area contributed by atoms with Crippen LogP contribution >= 0.6 is 11.8 Å². The maximum absolute atomic E-state index is 13.5. The average Bonchev–Trinajstić information content (AvgIpc) is 2.41. The minimum Gasteiger partial charge on any atom is -0.327 e. The van der Waals surface area contributed by atoms with E-state index in [1.165, 1.54) is 16.5 Å². The number of thioether (sulfide) groups is 1. The van der Waals surface area contributed by atoms with Gasteiger partial charge in [-0.15, -0.1) is 11.8 Å². The molecule has 0 spiro atoms. The van der Waals surface area contributed by atoms with Crippen molar-refractivity contribution in [1.29, 1.82) is 0 Å². The quantitative estimate of drug-likeness (QED) is 0.840. The third-order valence-electron chi connectivity index (χ3n) is 2.92.